The second-order valence-electron chi connectivity index (χ2n) is 8.44. The van der Waals surface area contributed by atoms with Gasteiger partial charge in [0.15, 0.2) is 5.84 Å². The van der Waals surface area contributed by atoms with Crippen LogP contribution < -0.4 is 16.8 Å². The molecule has 32 heavy (non-hydrogen) atoms. The van der Waals surface area contributed by atoms with Crippen molar-refractivity contribution >= 4 is 24.1 Å². The van der Waals surface area contributed by atoms with Crippen molar-refractivity contribution in [2.75, 3.05) is 19.8 Å². The van der Waals surface area contributed by atoms with Crippen LogP contribution in [-0.2, 0) is 14.3 Å². The fourth-order valence-corrected chi connectivity index (χ4v) is 2.66. The van der Waals surface area contributed by atoms with Gasteiger partial charge in [0.05, 0.1) is 24.4 Å². The maximum Gasteiger partial charge on any atom is 0.303 e. The summed E-state index contributed by atoms with van der Waals surface area (Å²) in [6.45, 7) is 8.78. The largest absolute Gasteiger partial charge is 0.481 e. The molecule has 0 heterocycles. The van der Waals surface area contributed by atoms with Crippen molar-refractivity contribution < 1.29 is 24.2 Å². The fraction of sp³-hybridized carbons (Fsp3) is 0.545. The van der Waals surface area contributed by atoms with Gasteiger partial charge in [-0.1, -0.05) is 12.1 Å². The molecule has 1 aromatic carbocycles. The minimum Gasteiger partial charge on any atom is -0.481 e. The summed E-state index contributed by atoms with van der Waals surface area (Å²) in [6.07, 6.45) is 2.18. The Morgan fingerprint density at radius 1 is 1.03 bits per heavy atom. The molecule has 178 valence electrons. The molecular weight excluding hydrogens is 414 g/mol. The van der Waals surface area contributed by atoms with Gasteiger partial charge in [-0.15, -0.1) is 10.2 Å². The number of ether oxygens (including phenoxy) is 2. The topological polar surface area (TPSA) is 162 Å². The van der Waals surface area contributed by atoms with Crippen LogP contribution >= 0.6 is 0 Å². The molecule has 0 spiro atoms. The standard InChI is InChI=1S/C22H35N5O5/c1-21(2,10-9-18(28)29)31-13-11-22(3,4)32-14-12-25-20(30)17-7-5-16(6-8-17)19(24)27-26-15-23/h5-8,15H,9-14H2,1-4H3,(H2,23,26)(H2,24,27)(H,25,30)(H,28,29). The molecule has 0 saturated heterocycles. The molecule has 0 atom stereocenters. The van der Waals surface area contributed by atoms with Gasteiger partial charge in [0.2, 0.25) is 0 Å². The highest BCUT2D eigenvalue weighted by atomic mass is 16.5. The van der Waals surface area contributed by atoms with Gasteiger partial charge in [-0.2, -0.15) is 0 Å². The van der Waals surface area contributed by atoms with Gasteiger partial charge in [-0.05, 0) is 52.7 Å². The average molecular weight is 450 g/mol. The number of hydrogen-bond donors (Lipinski definition) is 4. The molecule has 1 amide bonds. The summed E-state index contributed by atoms with van der Waals surface area (Å²) in [4.78, 5) is 23.0. The summed E-state index contributed by atoms with van der Waals surface area (Å²) in [6, 6.07) is 6.65. The molecule has 0 aliphatic rings. The predicted octanol–water partition coefficient (Wildman–Crippen LogP) is 1.87. The normalized spacial score (nSPS) is 12.8. The quantitative estimate of drug-likeness (QED) is 0.146. The predicted molar refractivity (Wildman–Crippen MR) is 124 cm³/mol. The van der Waals surface area contributed by atoms with Crippen molar-refractivity contribution in [3.63, 3.8) is 0 Å². The number of benzene rings is 1. The second kappa shape index (κ2) is 12.8. The van der Waals surface area contributed by atoms with Crippen molar-refractivity contribution in [1.29, 1.82) is 0 Å². The summed E-state index contributed by atoms with van der Waals surface area (Å²) in [5.74, 6) is -0.862. The summed E-state index contributed by atoms with van der Waals surface area (Å²) in [5, 5.41) is 18.8. The third-order valence-corrected chi connectivity index (χ3v) is 4.69. The summed E-state index contributed by atoms with van der Waals surface area (Å²) >= 11 is 0. The van der Waals surface area contributed by atoms with Crippen molar-refractivity contribution in [2.24, 2.45) is 21.7 Å². The molecular formula is C22H35N5O5. The van der Waals surface area contributed by atoms with E-state index >= 15 is 0 Å². The van der Waals surface area contributed by atoms with E-state index in [9.17, 15) is 9.59 Å². The second-order valence-corrected chi connectivity index (χ2v) is 8.44. The van der Waals surface area contributed by atoms with Crippen molar-refractivity contribution in [3.05, 3.63) is 35.4 Å². The van der Waals surface area contributed by atoms with Crippen LogP contribution in [0.25, 0.3) is 0 Å². The van der Waals surface area contributed by atoms with Crippen LogP contribution in [0.1, 0.15) is 62.9 Å². The number of carboxylic acids is 1. The van der Waals surface area contributed by atoms with Gasteiger partial charge in [-0.3, -0.25) is 9.59 Å². The number of carboxylic acid groups (broad SMARTS) is 1. The van der Waals surface area contributed by atoms with Crippen LogP contribution in [0.2, 0.25) is 0 Å². The Kier molecular flexibility index (Phi) is 10.8. The minimum absolute atomic E-state index is 0.0686. The van der Waals surface area contributed by atoms with E-state index in [0.29, 0.717) is 43.7 Å². The molecule has 0 fully saturated rings. The average Bonchev–Trinajstić information content (AvgIpc) is 2.73. The highest BCUT2D eigenvalue weighted by Gasteiger charge is 2.23. The van der Waals surface area contributed by atoms with Gasteiger partial charge in [0.25, 0.3) is 5.91 Å². The highest BCUT2D eigenvalue weighted by Crippen LogP contribution is 2.20. The molecule has 0 unspecified atom stereocenters. The van der Waals surface area contributed by atoms with E-state index in [1.807, 2.05) is 27.7 Å². The molecule has 0 aliphatic carbocycles. The number of amidine groups is 1. The molecule has 10 nitrogen and oxygen atoms in total. The van der Waals surface area contributed by atoms with Gasteiger partial charge >= 0.3 is 5.97 Å². The van der Waals surface area contributed by atoms with E-state index in [1.165, 1.54) is 0 Å². The van der Waals surface area contributed by atoms with Crippen molar-refractivity contribution in [3.8, 4) is 0 Å². The Morgan fingerprint density at radius 3 is 2.19 bits per heavy atom. The van der Waals surface area contributed by atoms with Crippen LogP contribution in [0.3, 0.4) is 0 Å². The Hall–Kier alpha value is -2.98. The molecule has 1 aromatic rings. The first-order chi connectivity index (χ1) is 15.0. The van der Waals surface area contributed by atoms with Crippen LogP contribution in [0.15, 0.2) is 34.5 Å². The van der Waals surface area contributed by atoms with E-state index in [1.54, 1.807) is 24.3 Å². The number of carbonyl (C=O) groups is 2. The smallest absolute Gasteiger partial charge is 0.303 e. The Balaban J connectivity index is 2.37. The van der Waals surface area contributed by atoms with Crippen LogP contribution in [0, 0.1) is 0 Å². The first-order valence-corrected chi connectivity index (χ1v) is 10.4. The maximum absolute atomic E-state index is 12.3. The molecule has 1 rings (SSSR count). The lowest BCUT2D eigenvalue weighted by molar-refractivity contribution is -0.139. The number of hydrogen-bond acceptors (Lipinski definition) is 6. The number of nitrogens with zero attached hydrogens (tertiary/aromatic N) is 2. The van der Waals surface area contributed by atoms with Gasteiger partial charge in [0, 0.05) is 24.1 Å². The number of nitrogens with one attached hydrogen (secondary N) is 1. The molecule has 0 aromatic heterocycles. The Labute approximate surface area is 189 Å². The SMILES string of the molecule is CC(C)(CCOC(C)(C)CCC(=O)O)OCCNC(=O)c1ccc(/C(N)=N/N=C\N)cc1. The molecule has 0 radical (unpaired) electrons. The van der Waals surface area contributed by atoms with Crippen LogP contribution in [0.4, 0.5) is 0 Å². The lowest BCUT2D eigenvalue weighted by atomic mass is 10.0. The number of aliphatic carboxylic acids is 1. The van der Waals surface area contributed by atoms with E-state index in [2.05, 4.69) is 15.5 Å². The van der Waals surface area contributed by atoms with E-state index < -0.39 is 17.2 Å². The van der Waals surface area contributed by atoms with Crippen LogP contribution in [0.5, 0.6) is 0 Å². The first-order valence-electron chi connectivity index (χ1n) is 10.4. The summed E-state index contributed by atoms with van der Waals surface area (Å²) < 4.78 is 11.7. The maximum atomic E-state index is 12.3. The zero-order chi connectivity index (χ0) is 24.2. The van der Waals surface area contributed by atoms with E-state index in [-0.39, 0.29) is 18.2 Å². The van der Waals surface area contributed by atoms with E-state index in [4.69, 9.17) is 26.0 Å². The summed E-state index contributed by atoms with van der Waals surface area (Å²) in [7, 11) is 0. The highest BCUT2D eigenvalue weighted by molar-refractivity contribution is 5.99. The first kappa shape index (κ1) is 27.1. The monoisotopic (exact) mass is 449 g/mol. The number of amides is 1. The zero-order valence-electron chi connectivity index (χ0n) is 19.3. The van der Waals surface area contributed by atoms with Crippen molar-refractivity contribution in [1.82, 2.24) is 5.32 Å². The summed E-state index contributed by atoms with van der Waals surface area (Å²) in [5.41, 5.74) is 11.0. The third kappa shape index (κ3) is 10.9. The Morgan fingerprint density at radius 2 is 1.59 bits per heavy atom. The van der Waals surface area contributed by atoms with Crippen LogP contribution in [-0.4, -0.2) is 60.1 Å². The number of nitrogens with two attached hydrogens (primary N) is 2. The molecule has 10 heteroatoms. The number of rotatable bonds is 14. The third-order valence-electron chi connectivity index (χ3n) is 4.69. The zero-order valence-corrected chi connectivity index (χ0v) is 19.3. The molecule has 6 N–H and O–H groups in total. The minimum atomic E-state index is -0.835. The van der Waals surface area contributed by atoms with Gasteiger partial charge < -0.3 is 31.4 Å². The number of carbonyl (C=O) groups excluding carboxylic acids is 1. The molecule has 0 saturated carbocycles. The van der Waals surface area contributed by atoms with Crippen molar-refractivity contribution in [2.45, 2.75) is 58.2 Å². The fourth-order valence-electron chi connectivity index (χ4n) is 2.66. The van der Waals surface area contributed by atoms with E-state index in [0.717, 1.165) is 6.34 Å². The molecule has 0 bridgehead atoms. The lowest BCUT2D eigenvalue weighted by Crippen LogP contribution is -2.34. The Bertz CT molecular complexity index is 803. The molecule has 0 aliphatic heterocycles. The van der Waals surface area contributed by atoms with Gasteiger partial charge in [0.1, 0.15) is 6.34 Å². The lowest BCUT2D eigenvalue weighted by Gasteiger charge is -2.29. The van der Waals surface area contributed by atoms with Gasteiger partial charge in [-0.25, -0.2) is 0 Å².